The number of hydrogen-bond donors (Lipinski definition) is 0. The van der Waals surface area contributed by atoms with E-state index in [1.165, 1.54) is 11.3 Å². The van der Waals surface area contributed by atoms with E-state index in [1.807, 2.05) is 62.4 Å². The molecule has 1 aliphatic rings. The van der Waals surface area contributed by atoms with Gasteiger partial charge >= 0.3 is 0 Å². The quantitative estimate of drug-likeness (QED) is 0.524. The minimum absolute atomic E-state index is 0.0149. The van der Waals surface area contributed by atoms with Crippen LogP contribution in [0.25, 0.3) is 21.6 Å². The molecule has 0 saturated heterocycles. The van der Waals surface area contributed by atoms with Crippen LogP contribution in [0.2, 0.25) is 0 Å². The second-order valence-electron chi connectivity index (χ2n) is 6.62. The number of amides is 1. The number of rotatable bonds is 1. The van der Waals surface area contributed by atoms with Crippen LogP contribution in [0.3, 0.4) is 0 Å². The number of fused-ring (bicyclic) bond motifs is 4. The van der Waals surface area contributed by atoms with Gasteiger partial charge in [0.05, 0.1) is 22.3 Å². The Hall–Kier alpha value is -2.99. The molecule has 0 unspecified atom stereocenters. The molecule has 1 aliphatic heterocycles. The maximum absolute atomic E-state index is 13.2. The summed E-state index contributed by atoms with van der Waals surface area (Å²) in [6, 6.07) is 15.2. The first-order chi connectivity index (χ1) is 12.6. The summed E-state index contributed by atoms with van der Waals surface area (Å²) in [6.07, 6.45) is 0. The zero-order valence-corrected chi connectivity index (χ0v) is 15.1. The molecule has 0 spiro atoms. The van der Waals surface area contributed by atoms with Crippen LogP contribution in [0.5, 0.6) is 0 Å². The van der Waals surface area contributed by atoms with E-state index in [0.29, 0.717) is 15.1 Å². The zero-order valence-electron chi connectivity index (χ0n) is 14.3. The highest BCUT2D eigenvalue weighted by Crippen LogP contribution is 2.36. The van der Waals surface area contributed by atoms with Gasteiger partial charge in [-0.15, -0.1) is 0 Å². The standard InChI is InChI=1S/C20H15N3O2S/c1-11(2)22-14-9-5-3-7-12(14)16(18(22)24)17-19(25)23-15-10-6-4-8-13(15)21-20(23)26-17/h3-11H,1-2H3/b17-16+. The highest BCUT2D eigenvalue weighted by Gasteiger charge is 2.35. The van der Waals surface area contributed by atoms with E-state index < -0.39 is 0 Å². The molecule has 5 nitrogen and oxygen atoms in total. The predicted molar refractivity (Wildman–Crippen MR) is 104 cm³/mol. The molecule has 26 heavy (non-hydrogen) atoms. The maximum atomic E-state index is 13.2. The third-order valence-electron chi connectivity index (χ3n) is 4.73. The summed E-state index contributed by atoms with van der Waals surface area (Å²) in [5.41, 5.74) is 3.54. The Morgan fingerprint density at radius 2 is 1.73 bits per heavy atom. The summed E-state index contributed by atoms with van der Waals surface area (Å²) in [7, 11) is 0. The van der Waals surface area contributed by atoms with Crippen molar-refractivity contribution in [1.29, 1.82) is 0 Å². The molecule has 0 bridgehead atoms. The normalized spacial score (nSPS) is 16.3. The van der Waals surface area contributed by atoms with Crippen molar-refractivity contribution in [2.75, 3.05) is 4.90 Å². The number of nitrogens with zero attached hydrogens (tertiary/aromatic N) is 3. The minimum atomic E-state index is -0.178. The molecular formula is C20H15N3O2S. The van der Waals surface area contributed by atoms with Crippen molar-refractivity contribution in [1.82, 2.24) is 9.38 Å². The Bertz CT molecular complexity index is 1320. The van der Waals surface area contributed by atoms with Crippen LogP contribution in [0, 0.1) is 0 Å². The second kappa shape index (κ2) is 5.25. The van der Waals surface area contributed by atoms with E-state index in [1.54, 1.807) is 9.30 Å². The van der Waals surface area contributed by atoms with Gasteiger partial charge in [-0.25, -0.2) is 9.38 Å². The SMILES string of the molecule is CC(C)N1C(=O)/C(=c2/sc3nc4ccccc4n3c2=O)c2ccccc21. The van der Waals surface area contributed by atoms with Gasteiger partial charge in [-0.3, -0.25) is 9.59 Å². The Morgan fingerprint density at radius 3 is 2.54 bits per heavy atom. The molecule has 2 aromatic heterocycles. The number of imidazole rings is 1. The van der Waals surface area contributed by atoms with Crippen LogP contribution >= 0.6 is 11.3 Å². The lowest BCUT2D eigenvalue weighted by Crippen LogP contribution is -2.36. The molecule has 2 aromatic carbocycles. The van der Waals surface area contributed by atoms with Crippen LogP contribution in [0.15, 0.2) is 53.3 Å². The van der Waals surface area contributed by atoms with Crippen molar-refractivity contribution in [2.24, 2.45) is 0 Å². The van der Waals surface area contributed by atoms with Crippen molar-refractivity contribution in [3.8, 4) is 0 Å². The fraction of sp³-hybridized carbons (Fsp3) is 0.150. The van der Waals surface area contributed by atoms with Gasteiger partial charge in [0.2, 0.25) is 0 Å². The molecule has 0 N–H and O–H groups in total. The van der Waals surface area contributed by atoms with Gasteiger partial charge in [-0.05, 0) is 32.0 Å². The van der Waals surface area contributed by atoms with Crippen molar-refractivity contribution in [3.63, 3.8) is 0 Å². The Morgan fingerprint density at radius 1 is 1.00 bits per heavy atom. The molecule has 5 rings (SSSR count). The summed E-state index contributed by atoms with van der Waals surface area (Å²) in [6.45, 7) is 3.95. The third-order valence-corrected chi connectivity index (χ3v) is 5.77. The number of hydrogen-bond acceptors (Lipinski definition) is 4. The van der Waals surface area contributed by atoms with Crippen LogP contribution in [-0.4, -0.2) is 21.3 Å². The van der Waals surface area contributed by atoms with Crippen LogP contribution in [0.4, 0.5) is 5.69 Å². The molecule has 0 fully saturated rings. The molecule has 0 atom stereocenters. The number of benzene rings is 2. The van der Waals surface area contributed by atoms with Gasteiger partial charge in [0, 0.05) is 11.6 Å². The highest BCUT2D eigenvalue weighted by atomic mass is 32.1. The highest BCUT2D eigenvalue weighted by molar-refractivity contribution is 7.15. The van der Waals surface area contributed by atoms with E-state index >= 15 is 0 Å². The van der Waals surface area contributed by atoms with Crippen molar-refractivity contribution in [3.05, 3.63) is 69.0 Å². The maximum Gasteiger partial charge on any atom is 0.275 e. The lowest BCUT2D eigenvalue weighted by molar-refractivity contribution is -0.113. The van der Waals surface area contributed by atoms with E-state index in [-0.39, 0.29) is 17.5 Å². The predicted octanol–water partition coefficient (Wildman–Crippen LogP) is 2.58. The van der Waals surface area contributed by atoms with Crippen molar-refractivity contribution >= 4 is 44.5 Å². The largest absolute Gasteiger partial charge is 0.305 e. The van der Waals surface area contributed by atoms with E-state index in [4.69, 9.17) is 0 Å². The third kappa shape index (κ3) is 1.87. The number of aromatic nitrogens is 2. The van der Waals surface area contributed by atoms with Gasteiger partial charge < -0.3 is 4.90 Å². The lowest BCUT2D eigenvalue weighted by Gasteiger charge is -2.21. The summed E-state index contributed by atoms with van der Waals surface area (Å²) in [4.78, 5) is 33.2. The Labute approximate surface area is 152 Å². The lowest BCUT2D eigenvalue weighted by atomic mass is 10.1. The number of para-hydroxylation sites is 3. The van der Waals surface area contributed by atoms with Gasteiger partial charge in [-0.2, -0.15) is 0 Å². The van der Waals surface area contributed by atoms with Gasteiger partial charge in [0.15, 0.2) is 4.96 Å². The second-order valence-corrected chi connectivity index (χ2v) is 7.59. The van der Waals surface area contributed by atoms with Gasteiger partial charge in [0.25, 0.3) is 11.5 Å². The Balaban J connectivity index is 1.92. The van der Waals surface area contributed by atoms with Gasteiger partial charge in [-0.1, -0.05) is 41.7 Å². The zero-order chi connectivity index (χ0) is 18.0. The van der Waals surface area contributed by atoms with E-state index in [0.717, 1.165) is 22.3 Å². The Kier molecular flexibility index (Phi) is 3.09. The first-order valence-electron chi connectivity index (χ1n) is 8.45. The fourth-order valence-electron chi connectivity index (χ4n) is 3.64. The molecule has 0 aliphatic carbocycles. The van der Waals surface area contributed by atoms with E-state index in [2.05, 4.69) is 4.98 Å². The first-order valence-corrected chi connectivity index (χ1v) is 9.27. The molecule has 0 radical (unpaired) electrons. The van der Waals surface area contributed by atoms with Crippen LogP contribution in [-0.2, 0) is 4.79 Å². The van der Waals surface area contributed by atoms with Crippen molar-refractivity contribution < 1.29 is 4.79 Å². The minimum Gasteiger partial charge on any atom is -0.305 e. The topological polar surface area (TPSA) is 54.7 Å². The molecule has 1 amide bonds. The first kappa shape index (κ1) is 15.3. The summed E-state index contributed by atoms with van der Waals surface area (Å²) >= 11 is 1.28. The fourth-order valence-corrected chi connectivity index (χ4v) is 4.71. The molecular weight excluding hydrogens is 346 g/mol. The molecule has 6 heteroatoms. The van der Waals surface area contributed by atoms with Gasteiger partial charge in [0.1, 0.15) is 4.53 Å². The molecule has 128 valence electrons. The molecule has 4 aromatic rings. The monoisotopic (exact) mass is 361 g/mol. The average Bonchev–Trinajstić information content (AvgIpc) is 3.23. The summed E-state index contributed by atoms with van der Waals surface area (Å²) < 4.78 is 2.06. The average molecular weight is 361 g/mol. The van der Waals surface area contributed by atoms with E-state index in [9.17, 15) is 9.59 Å². The van der Waals surface area contributed by atoms with Crippen molar-refractivity contribution in [2.45, 2.75) is 19.9 Å². The number of thiazole rings is 1. The van der Waals surface area contributed by atoms with Crippen LogP contribution in [0.1, 0.15) is 19.4 Å². The molecule has 3 heterocycles. The van der Waals surface area contributed by atoms with Crippen LogP contribution < -0.4 is 15.0 Å². The summed E-state index contributed by atoms with van der Waals surface area (Å²) in [5, 5.41) is 0. The smallest absolute Gasteiger partial charge is 0.275 e. The summed E-state index contributed by atoms with van der Waals surface area (Å²) in [5.74, 6) is -0.118. The number of carbonyl (C=O) groups is 1. The number of anilines is 1. The molecule has 0 saturated carbocycles. The number of carbonyl (C=O) groups excluding carboxylic acids is 1.